The van der Waals surface area contributed by atoms with Crippen molar-refractivity contribution >= 4 is 6.09 Å². The first-order valence-electron chi connectivity index (χ1n) is 7.75. The van der Waals surface area contributed by atoms with Crippen molar-refractivity contribution < 1.29 is 9.53 Å². The molecule has 1 saturated carbocycles. The Kier molecular flexibility index (Phi) is 6.76. The van der Waals surface area contributed by atoms with Crippen LogP contribution in [0, 0.1) is 5.92 Å². The summed E-state index contributed by atoms with van der Waals surface area (Å²) in [5, 5.41) is 6.41. The lowest BCUT2D eigenvalue weighted by molar-refractivity contribution is 0.0517. The topological polar surface area (TPSA) is 76.4 Å². The molecule has 1 aliphatic carbocycles. The van der Waals surface area contributed by atoms with Crippen LogP contribution < -0.4 is 16.4 Å². The molecule has 0 heterocycles. The van der Waals surface area contributed by atoms with Crippen LogP contribution in [-0.2, 0) is 4.74 Å². The van der Waals surface area contributed by atoms with E-state index in [1.54, 1.807) is 0 Å². The molecule has 0 aromatic carbocycles. The lowest BCUT2D eigenvalue weighted by Gasteiger charge is -2.28. The van der Waals surface area contributed by atoms with Crippen molar-refractivity contribution in [2.45, 2.75) is 71.1 Å². The summed E-state index contributed by atoms with van der Waals surface area (Å²) in [6.07, 6.45) is 4.68. The fourth-order valence-corrected chi connectivity index (χ4v) is 2.66. The van der Waals surface area contributed by atoms with E-state index in [4.69, 9.17) is 10.5 Å². The molecule has 0 radical (unpaired) electrons. The van der Waals surface area contributed by atoms with Crippen LogP contribution >= 0.6 is 0 Å². The van der Waals surface area contributed by atoms with E-state index in [-0.39, 0.29) is 18.2 Å². The maximum absolute atomic E-state index is 11.7. The van der Waals surface area contributed by atoms with E-state index < -0.39 is 5.60 Å². The van der Waals surface area contributed by atoms with Gasteiger partial charge in [-0.3, -0.25) is 0 Å². The average Bonchev–Trinajstić information content (AvgIpc) is 2.85. The largest absolute Gasteiger partial charge is 0.444 e. The highest BCUT2D eigenvalue weighted by molar-refractivity contribution is 5.67. The lowest BCUT2D eigenvalue weighted by Crippen LogP contribution is -2.50. The number of hydrogen-bond acceptors (Lipinski definition) is 4. The van der Waals surface area contributed by atoms with Gasteiger partial charge in [-0.25, -0.2) is 4.79 Å². The van der Waals surface area contributed by atoms with Gasteiger partial charge in [-0.1, -0.05) is 12.8 Å². The molecule has 1 fully saturated rings. The molecule has 1 rings (SSSR count). The van der Waals surface area contributed by atoms with E-state index in [9.17, 15) is 4.79 Å². The first-order valence-corrected chi connectivity index (χ1v) is 7.75. The Bertz CT molecular complexity index is 296. The first kappa shape index (κ1) is 17.2. The number of carbonyl (C=O) groups is 1. The smallest absolute Gasteiger partial charge is 0.407 e. The number of alkyl carbamates (subject to hydrolysis) is 1. The zero-order chi connectivity index (χ0) is 15.2. The minimum atomic E-state index is -0.453. The van der Waals surface area contributed by atoms with Gasteiger partial charge in [0.15, 0.2) is 0 Å². The quantitative estimate of drug-likeness (QED) is 0.697. The second-order valence-electron chi connectivity index (χ2n) is 6.84. The second-order valence-corrected chi connectivity index (χ2v) is 6.84. The summed E-state index contributed by atoms with van der Waals surface area (Å²) in [4.78, 5) is 11.7. The van der Waals surface area contributed by atoms with Crippen LogP contribution in [0.2, 0.25) is 0 Å². The van der Waals surface area contributed by atoms with Crippen LogP contribution in [0.3, 0.4) is 0 Å². The number of nitrogens with two attached hydrogens (primary N) is 1. The number of nitrogens with one attached hydrogen (secondary N) is 2. The van der Waals surface area contributed by atoms with E-state index in [1.807, 2.05) is 20.8 Å². The standard InChI is InChI=1S/C15H31N3O2/c1-11(9-16)18-13(12-7-5-6-8-12)10-17-14(19)20-15(2,3)4/h11-13,18H,5-10,16H2,1-4H3,(H,17,19). The number of ether oxygens (including phenoxy) is 1. The van der Waals surface area contributed by atoms with Crippen LogP contribution in [0.1, 0.15) is 53.4 Å². The molecule has 1 amide bonds. The van der Waals surface area contributed by atoms with Crippen LogP contribution in [0.15, 0.2) is 0 Å². The van der Waals surface area contributed by atoms with Gasteiger partial charge in [-0.05, 0) is 46.5 Å². The van der Waals surface area contributed by atoms with Crippen molar-refractivity contribution in [2.75, 3.05) is 13.1 Å². The molecule has 118 valence electrons. The normalized spacial score (nSPS) is 19.6. The minimum absolute atomic E-state index is 0.265. The van der Waals surface area contributed by atoms with Crippen molar-refractivity contribution in [2.24, 2.45) is 11.7 Å². The van der Waals surface area contributed by atoms with Crippen molar-refractivity contribution in [3.63, 3.8) is 0 Å². The van der Waals surface area contributed by atoms with Crippen LogP contribution in [-0.4, -0.2) is 36.9 Å². The van der Waals surface area contributed by atoms with Crippen LogP contribution in [0.25, 0.3) is 0 Å². The van der Waals surface area contributed by atoms with E-state index >= 15 is 0 Å². The van der Waals surface area contributed by atoms with Gasteiger partial charge in [-0.2, -0.15) is 0 Å². The molecule has 20 heavy (non-hydrogen) atoms. The highest BCUT2D eigenvalue weighted by atomic mass is 16.6. The van der Waals surface area contributed by atoms with Crippen molar-refractivity contribution in [1.29, 1.82) is 0 Å². The van der Waals surface area contributed by atoms with Gasteiger partial charge in [0.05, 0.1) is 0 Å². The molecule has 0 saturated heterocycles. The third-order valence-electron chi connectivity index (χ3n) is 3.69. The van der Waals surface area contributed by atoms with E-state index in [0.717, 1.165) is 0 Å². The Labute approximate surface area is 123 Å². The highest BCUT2D eigenvalue weighted by Gasteiger charge is 2.26. The molecule has 5 nitrogen and oxygen atoms in total. The molecule has 1 aliphatic rings. The summed E-state index contributed by atoms with van der Waals surface area (Å²) in [7, 11) is 0. The van der Waals surface area contributed by atoms with Gasteiger partial charge in [0.2, 0.25) is 0 Å². The first-order chi connectivity index (χ1) is 9.31. The highest BCUT2D eigenvalue weighted by Crippen LogP contribution is 2.27. The molecule has 2 atom stereocenters. The number of amides is 1. The molecule has 2 unspecified atom stereocenters. The zero-order valence-corrected chi connectivity index (χ0v) is 13.4. The lowest BCUT2D eigenvalue weighted by atomic mass is 9.97. The SMILES string of the molecule is CC(CN)NC(CNC(=O)OC(C)(C)C)C1CCCC1. The summed E-state index contributed by atoms with van der Waals surface area (Å²) in [6, 6.07) is 0.546. The van der Waals surface area contributed by atoms with Gasteiger partial charge >= 0.3 is 6.09 Å². The van der Waals surface area contributed by atoms with E-state index in [1.165, 1.54) is 25.7 Å². The maximum Gasteiger partial charge on any atom is 0.407 e. The summed E-state index contributed by atoms with van der Waals surface area (Å²) >= 11 is 0. The van der Waals surface area contributed by atoms with Crippen LogP contribution in [0.5, 0.6) is 0 Å². The van der Waals surface area contributed by atoms with Gasteiger partial charge < -0.3 is 21.1 Å². The summed E-state index contributed by atoms with van der Waals surface area (Å²) < 4.78 is 5.28. The third-order valence-corrected chi connectivity index (χ3v) is 3.69. The Hall–Kier alpha value is -0.810. The van der Waals surface area contributed by atoms with Crippen molar-refractivity contribution in [3.8, 4) is 0 Å². The van der Waals surface area contributed by atoms with Crippen molar-refractivity contribution in [1.82, 2.24) is 10.6 Å². The maximum atomic E-state index is 11.7. The third kappa shape index (κ3) is 6.57. The Morgan fingerprint density at radius 3 is 2.45 bits per heavy atom. The molecule has 0 aromatic rings. The number of rotatable bonds is 6. The molecule has 0 aliphatic heterocycles. The predicted octanol–water partition coefficient (Wildman–Crippen LogP) is 2.01. The average molecular weight is 285 g/mol. The zero-order valence-electron chi connectivity index (χ0n) is 13.4. The Balaban J connectivity index is 2.45. The monoisotopic (exact) mass is 285 g/mol. The predicted molar refractivity (Wildman–Crippen MR) is 81.6 cm³/mol. The minimum Gasteiger partial charge on any atom is -0.444 e. The fourth-order valence-electron chi connectivity index (χ4n) is 2.66. The summed E-state index contributed by atoms with van der Waals surface area (Å²) in [5.41, 5.74) is 5.23. The molecular formula is C15H31N3O2. The summed E-state index contributed by atoms with van der Waals surface area (Å²) in [6.45, 7) is 8.90. The number of carbonyl (C=O) groups excluding carboxylic acids is 1. The Morgan fingerprint density at radius 2 is 1.95 bits per heavy atom. The van der Waals surface area contributed by atoms with Gasteiger partial charge in [0, 0.05) is 25.2 Å². The molecule has 0 spiro atoms. The summed E-state index contributed by atoms with van der Waals surface area (Å²) in [5.74, 6) is 0.624. The molecule has 0 bridgehead atoms. The molecular weight excluding hydrogens is 254 g/mol. The Morgan fingerprint density at radius 1 is 1.35 bits per heavy atom. The van der Waals surface area contributed by atoms with Crippen molar-refractivity contribution in [3.05, 3.63) is 0 Å². The van der Waals surface area contributed by atoms with Gasteiger partial charge in [0.1, 0.15) is 5.60 Å². The fraction of sp³-hybridized carbons (Fsp3) is 0.933. The van der Waals surface area contributed by atoms with E-state index in [2.05, 4.69) is 17.6 Å². The second kappa shape index (κ2) is 7.84. The van der Waals surface area contributed by atoms with Gasteiger partial charge in [0.25, 0.3) is 0 Å². The van der Waals surface area contributed by atoms with Gasteiger partial charge in [-0.15, -0.1) is 0 Å². The van der Waals surface area contributed by atoms with E-state index in [0.29, 0.717) is 19.0 Å². The molecule has 4 N–H and O–H groups in total. The number of hydrogen-bond donors (Lipinski definition) is 3. The molecule has 5 heteroatoms. The van der Waals surface area contributed by atoms with Crippen LogP contribution in [0.4, 0.5) is 4.79 Å². The molecule has 0 aromatic heterocycles.